The number of alkyl halides is 2. The topological polar surface area (TPSA) is 86.4 Å². The molecule has 4 aromatic rings. The molecule has 0 unspecified atom stereocenters. The van der Waals surface area contributed by atoms with Gasteiger partial charge in [0.1, 0.15) is 17.0 Å². The number of halogens is 3. The molecule has 2 saturated heterocycles. The summed E-state index contributed by atoms with van der Waals surface area (Å²) in [5.74, 6) is 0.00377. The molecule has 40 heavy (non-hydrogen) atoms. The van der Waals surface area contributed by atoms with Gasteiger partial charge in [0.05, 0.1) is 30.0 Å². The van der Waals surface area contributed by atoms with E-state index >= 15 is 4.39 Å². The molecule has 5 heterocycles. The number of imidazole rings is 1. The van der Waals surface area contributed by atoms with Crippen LogP contribution in [0.1, 0.15) is 29.6 Å². The second-order valence-electron chi connectivity index (χ2n) is 10.9. The molecule has 210 valence electrons. The number of pyridine rings is 1. The Kier molecular flexibility index (Phi) is 6.19. The third-order valence-corrected chi connectivity index (χ3v) is 8.14. The Morgan fingerprint density at radius 1 is 1.20 bits per heavy atom. The van der Waals surface area contributed by atoms with Crippen LogP contribution in [0.15, 0.2) is 30.3 Å². The molecule has 1 aromatic carbocycles. The van der Waals surface area contributed by atoms with Crippen LogP contribution >= 0.6 is 0 Å². The lowest BCUT2D eigenvalue weighted by Gasteiger charge is -2.41. The number of likely N-dealkylation sites (tertiary alicyclic amines) is 1. The van der Waals surface area contributed by atoms with E-state index in [9.17, 15) is 13.6 Å². The lowest BCUT2D eigenvalue weighted by molar-refractivity contribution is -0.0526. The van der Waals surface area contributed by atoms with E-state index in [0.29, 0.717) is 54.8 Å². The summed E-state index contributed by atoms with van der Waals surface area (Å²) in [6, 6.07) is 7.96. The molecule has 9 nitrogen and oxygen atoms in total. The van der Waals surface area contributed by atoms with E-state index in [-0.39, 0.29) is 35.0 Å². The van der Waals surface area contributed by atoms with Crippen molar-refractivity contribution < 1.29 is 27.4 Å². The molecular weight excluding hydrogens is 525 g/mol. The standard InChI is InChI=1S/C28H29F3N6O3/c1-35-24-18(29)10-17(27(38)36-8-6-22-20(14-36)32-7-9-39-22)11-19(24)33-26(35)21-12-16-4-5-23(40-28(30)31)34-25(16)37(21)13-15-2-3-15/h4-5,10-12,15,20,22,28,32H,2-3,6-9,13-14H2,1H3/t20-,22+/m0/s1. The van der Waals surface area contributed by atoms with Crippen molar-refractivity contribution in [1.29, 1.82) is 0 Å². The molecule has 0 bridgehead atoms. The van der Waals surface area contributed by atoms with Crippen LogP contribution in [0.4, 0.5) is 13.2 Å². The lowest BCUT2D eigenvalue weighted by atomic mass is 9.99. The summed E-state index contributed by atoms with van der Waals surface area (Å²) in [6.07, 6.45) is 2.94. The highest BCUT2D eigenvalue weighted by Crippen LogP contribution is 2.37. The maximum Gasteiger partial charge on any atom is 0.388 e. The first-order valence-electron chi connectivity index (χ1n) is 13.6. The van der Waals surface area contributed by atoms with Gasteiger partial charge < -0.3 is 28.8 Å². The van der Waals surface area contributed by atoms with E-state index < -0.39 is 12.4 Å². The molecule has 0 radical (unpaired) electrons. The van der Waals surface area contributed by atoms with Gasteiger partial charge >= 0.3 is 6.61 Å². The van der Waals surface area contributed by atoms with Crippen LogP contribution in [-0.2, 0) is 18.3 Å². The third kappa shape index (κ3) is 4.48. The van der Waals surface area contributed by atoms with Crippen molar-refractivity contribution in [2.24, 2.45) is 13.0 Å². The number of benzene rings is 1. The Hall–Kier alpha value is -3.64. The van der Waals surface area contributed by atoms with E-state index in [0.717, 1.165) is 31.2 Å². The molecule has 2 atom stereocenters. The minimum Gasteiger partial charge on any atom is -0.417 e. The van der Waals surface area contributed by atoms with Gasteiger partial charge in [0.2, 0.25) is 5.88 Å². The van der Waals surface area contributed by atoms with Crippen LogP contribution < -0.4 is 10.1 Å². The number of ether oxygens (including phenoxy) is 2. The van der Waals surface area contributed by atoms with Crippen LogP contribution in [-0.4, -0.2) is 74.9 Å². The third-order valence-electron chi connectivity index (χ3n) is 8.14. The molecule has 3 fully saturated rings. The summed E-state index contributed by atoms with van der Waals surface area (Å²) in [7, 11) is 1.73. The molecule has 0 spiro atoms. The highest BCUT2D eigenvalue weighted by molar-refractivity contribution is 5.98. The monoisotopic (exact) mass is 554 g/mol. The van der Waals surface area contributed by atoms with Gasteiger partial charge in [-0.15, -0.1) is 0 Å². The highest BCUT2D eigenvalue weighted by Gasteiger charge is 2.34. The number of nitrogens with one attached hydrogen (secondary N) is 1. The number of fused-ring (bicyclic) bond motifs is 3. The van der Waals surface area contributed by atoms with Gasteiger partial charge in [-0.1, -0.05) is 0 Å². The van der Waals surface area contributed by atoms with E-state index in [4.69, 9.17) is 9.72 Å². The van der Waals surface area contributed by atoms with Crippen LogP contribution in [0, 0.1) is 11.7 Å². The molecule has 1 amide bonds. The SMILES string of the molecule is Cn1c(-c2cc3ccc(OC(F)F)nc3n2CC2CC2)nc2cc(C(=O)N3CC[C@H]4OCCN[C@H]4C3)cc(F)c21. The van der Waals surface area contributed by atoms with Gasteiger partial charge in [-0.05, 0) is 49.4 Å². The number of nitrogens with zero attached hydrogens (tertiary/aromatic N) is 5. The Morgan fingerprint density at radius 3 is 2.85 bits per heavy atom. The lowest BCUT2D eigenvalue weighted by Crippen LogP contribution is -2.59. The molecular formula is C28H29F3N6O3. The number of carbonyl (C=O) groups excluding carboxylic acids is 1. The summed E-state index contributed by atoms with van der Waals surface area (Å²) < 4.78 is 55.2. The molecule has 1 aliphatic carbocycles. The molecule has 2 aliphatic heterocycles. The molecule has 1 N–H and O–H groups in total. The fraction of sp³-hybridized carbons (Fsp3) is 0.464. The van der Waals surface area contributed by atoms with Gasteiger partial charge in [-0.25, -0.2) is 9.37 Å². The van der Waals surface area contributed by atoms with E-state index in [1.807, 2.05) is 10.6 Å². The van der Waals surface area contributed by atoms with Gasteiger partial charge in [0, 0.05) is 50.2 Å². The predicted octanol–water partition coefficient (Wildman–Crippen LogP) is 3.94. The molecule has 3 aliphatic rings. The summed E-state index contributed by atoms with van der Waals surface area (Å²) in [5, 5.41) is 4.15. The Bertz CT molecular complexity index is 1610. The fourth-order valence-electron chi connectivity index (χ4n) is 5.99. The Balaban J connectivity index is 1.26. The first-order chi connectivity index (χ1) is 19.4. The number of aromatic nitrogens is 4. The van der Waals surface area contributed by atoms with Crippen molar-refractivity contribution in [3.63, 3.8) is 0 Å². The zero-order chi connectivity index (χ0) is 27.5. The number of rotatable bonds is 6. The average Bonchev–Trinajstić information content (AvgIpc) is 3.61. The second-order valence-corrected chi connectivity index (χ2v) is 10.9. The van der Waals surface area contributed by atoms with E-state index in [1.165, 1.54) is 12.1 Å². The largest absolute Gasteiger partial charge is 0.417 e. The number of carbonyl (C=O) groups is 1. The van der Waals surface area contributed by atoms with Crippen molar-refractivity contribution in [1.82, 2.24) is 29.3 Å². The summed E-state index contributed by atoms with van der Waals surface area (Å²) in [6.45, 7) is 0.110. The number of aryl methyl sites for hydroxylation is 1. The van der Waals surface area contributed by atoms with Crippen molar-refractivity contribution >= 4 is 28.0 Å². The predicted molar refractivity (Wildman–Crippen MR) is 141 cm³/mol. The zero-order valence-electron chi connectivity index (χ0n) is 21.9. The van der Waals surface area contributed by atoms with Crippen LogP contribution in [0.25, 0.3) is 33.6 Å². The zero-order valence-corrected chi connectivity index (χ0v) is 21.9. The number of amides is 1. The summed E-state index contributed by atoms with van der Waals surface area (Å²) >= 11 is 0. The molecule has 7 rings (SSSR count). The van der Waals surface area contributed by atoms with E-state index in [1.54, 1.807) is 28.6 Å². The maximum atomic E-state index is 15.6. The first-order valence-corrected chi connectivity index (χ1v) is 13.6. The number of hydrogen-bond acceptors (Lipinski definition) is 6. The highest BCUT2D eigenvalue weighted by atomic mass is 19.3. The Labute approximate surface area is 227 Å². The Morgan fingerprint density at radius 2 is 2.05 bits per heavy atom. The second kappa shape index (κ2) is 9.77. The summed E-state index contributed by atoms with van der Waals surface area (Å²) in [5.41, 5.74) is 2.10. The summed E-state index contributed by atoms with van der Waals surface area (Å²) in [4.78, 5) is 24.3. The van der Waals surface area contributed by atoms with Crippen molar-refractivity contribution in [3.8, 4) is 17.4 Å². The van der Waals surface area contributed by atoms with Crippen molar-refractivity contribution in [3.05, 3.63) is 41.7 Å². The van der Waals surface area contributed by atoms with Gasteiger partial charge in [0.15, 0.2) is 5.82 Å². The van der Waals surface area contributed by atoms with Gasteiger partial charge in [0.25, 0.3) is 5.91 Å². The van der Waals surface area contributed by atoms with Crippen LogP contribution in [0.3, 0.4) is 0 Å². The normalized spacial score (nSPS) is 21.4. The van der Waals surface area contributed by atoms with Crippen molar-refractivity contribution in [2.45, 2.75) is 44.6 Å². The molecule has 12 heteroatoms. The van der Waals surface area contributed by atoms with E-state index in [2.05, 4.69) is 15.0 Å². The average molecular weight is 555 g/mol. The number of piperidine rings is 1. The van der Waals surface area contributed by atoms with Crippen LogP contribution in [0.2, 0.25) is 0 Å². The molecule has 1 saturated carbocycles. The molecule has 3 aromatic heterocycles. The smallest absolute Gasteiger partial charge is 0.388 e. The minimum absolute atomic E-state index is 0.0649. The first kappa shape index (κ1) is 25.3. The van der Waals surface area contributed by atoms with Gasteiger partial charge in [-0.2, -0.15) is 13.8 Å². The van der Waals surface area contributed by atoms with Crippen LogP contribution in [0.5, 0.6) is 5.88 Å². The van der Waals surface area contributed by atoms with Crippen molar-refractivity contribution in [2.75, 3.05) is 26.2 Å². The maximum absolute atomic E-state index is 15.6. The minimum atomic E-state index is -2.98. The number of morpholine rings is 1. The van der Waals surface area contributed by atoms with Gasteiger partial charge in [-0.3, -0.25) is 4.79 Å². The quantitative estimate of drug-likeness (QED) is 0.389. The fourth-order valence-corrected chi connectivity index (χ4v) is 5.99. The number of hydrogen-bond donors (Lipinski definition) is 1.